The first-order valence-corrected chi connectivity index (χ1v) is 8.07. The Hall–Kier alpha value is -1.35. The van der Waals surface area contributed by atoms with Gasteiger partial charge < -0.3 is 10.2 Å². The lowest BCUT2D eigenvalue weighted by Crippen LogP contribution is -2.33. The van der Waals surface area contributed by atoms with Crippen LogP contribution in [0.3, 0.4) is 0 Å². The van der Waals surface area contributed by atoms with Crippen molar-refractivity contribution < 1.29 is 4.79 Å². The van der Waals surface area contributed by atoms with E-state index in [9.17, 15) is 4.79 Å². The van der Waals surface area contributed by atoms with E-state index in [-0.39, 0.29) is 5.91 Å². The number of rotatable bonds is 5. The first kappa shape index (κ1) is 16.0. The van der Waals surface area contributed by atoms with Crippen molar-refractivity contribution in [1.29, 1.82) is 0 Å². The molecule has 1 aliphatic heterocycles. The number of nitrogens with zero attached hydrogens (tertiary/aromatic N) is 1. The Kier molecular flexibility index (Phi) is 5.80. The lowest BCUT2D eigenvalue weighted by Gasteiger charge is -2.25. The highest BCUT2D eigenvalue weighted by molar-refractivity contribution is 5.78. The van der Waals surface area contributed by atoms with Crippen molar-refractivity contribution >= 4 is 5.91 Å². The van der Waals surface area contributed by atoms with Gasteiger partial charge in [-0.2, -0.15) is 0 Å². The summed E-state index contributed by atoms with van der Waals surface area (Å²) in [6.45, 7) is 7.30. The molecule has 3 heteroatoms. The highest BCUT2D eigenvalue weighted by Crippen LogP contribution is 2.17. The lowest BCUT2D eigenvalue weighted by molar-refractivity contribution is -0.129. The number of nitrogens with one attached hydrogen (secondary N) is 1. The maximum Gasteiger partial charge on any atom is 0.226 e. The largest absolute Gasteiger partial charge is 0.345 e. The molecule has 1 heterocycles. The third-order valence-electron chi connectivity index (χ3n) is 4.60. The van der Waals surface area contributed by atoms with Crippen LogP contribution in [-0.2, 0) is 11.2 Å². The van der Waals surface area contributed by atoms with Gasteiger partial charge in [-0.05, 0) is 63.2 Å². The number of carbonyl (C=O) groups excluding carboxylic acids is 1. The Bertz CT molecular complexity index is 478. The van der Waals surface area contributed by atoms with Crippen LogP contribution in [0.2, 0.25) is 0 Å². The van der Waals surface area contributed by atoms with Crippen LogP contribution in [-0.4, -0.2) is 37.5 Å². The van der Waals surface area contributed by atoms with Crippen molar-refractivity contribution in [2.24, 2.45) is 5.92 Å². The number of hydrogen-bond acceptors (Lipinski definition) is 2. The van der Waals surface area contributed by atoms with E-state index >= 15 is 0 Å². The topological polar surface area (TPSA) is 32.3 Å². The fourth-order valence-electron chi connectivity index (χ4n) is 2.96. The predicted octanol–water partition coefficient (Wildman–Crippen LogP) is 2.69. The second-order valence-electron chi connectivity index (χ2n) is 6.40. The van der Waals surface area contributed by atoms with Gasteiger partial charge >= 0.3 is 0 Å². The first-order valence-electron chi connectivity index (χ1n) is 8.07. The molecule has 0 spiro atoms. The van der Waals surface area contributed by atoms with Gasteiger partial charge in [0.15, 0.2) is 0 Å². The van der Waals surface area contributed by atoms with E-state index in [1.165, 1.54) is 24.0 Å². The second kappa shape index (κ2) is 7.60. The van der Waals surface area contributed by atoms with E-state index in [4.69, 9.17) is 0 Å². The SMILES string of the molecule is Cc1ccc(C)c(CC(=O)N(C)CCC2CCNCC2)c1. The van der Waals surface area contributed by atoms with E-state index < -0.39 is 0 Å². The molecule has 0 atom stereocenters. The van der Waals surface area contributed by atoms with Crippen molar-refractivity contribution in [1.82, 2.24) is 10.2 Å². The molecule has 21 heavy (non-hydrogen) atoms. The quantitative estimate of drug-likeness (QED) is 0.903. The Balaban J connectivity index is 1.82. The van der Waals surface area contributed by atoms with Crippen LogP contribution in [0.25, 0.3) is 0 Å². The van der Waals surface area contributed by atoms with Gasteiger partial charge in [-0.15, -0.1) is 0 Å². The minimum atomic E-state index is 0.234. The molecule has 1 saturated heterocycles. The summed E-state index contributed by atoms with van der Waals surface area (Å²) in [6, 6.07) is 6.34. The third-order valence-corrected chi connectivity index (χ3v) is 4.60. The number of carbonyl (C=O) groups is 1. The molecular weight excluding hydrogens is 260 g/mol. The summed E-state index contributed by atoms with van der Waals surface area (Å²) in [5, 5.41) is 3.39. The van der Waals surface area contributed by atoms with Gasteiger partial charge in [0.25, 0.3) is 0 Å². The summed E-state index contributed by atoms with van der Waals surface area (Å²) in [6.07, 6.45) is 4.16. The van der Waals surface area contributed by atoms with Gasteiger partial charge in [0.1, 0.15) is 0 Å². The Morgan fingerprint density at radius 2 is 2.00 bits per heavy atom. The molecule has 0 unspecified atom stereocenters. The molecule has 1 aromatic rings. The number of piperidine rings is 1. The molecular formula is C18H28N2O. The summed E-state index contributed by atoms with van der Waals surface area (Å²) in [5.74, 6) is 1.01. The van der Waals surface area contributed by atoms with Crippen LogP contribution >= 0.6 is 0 Å². The minimum Gasteiger partial charge on any atom is -0.345 e. The van der Waals surface area contributed by atoms with Gasteiger partial charge in [0, 0.05) is 13.6 Å². The molecule has 0 radical (unpaired) electrons. The van der Waals surface area contributed by atoms with E-state index in [1.54, 1.807) is 0 Å². The highest BCUT2D eigenvalue weighted by atomic mass is 16.2. The van der Waals surface area contributed by atoms with Crippen LogP contribution < -0.4 is 5.32 Å². The van der Waals surface area contributed by atoms with Crippen molar-refractivity contribution in [3.8, 4) is 0 Å². The maximum absolute atomic E-state index is 12.4. The molecule has 0 aromatic heterocycles. The molecule has 1 aromatic carbocycles. The lowest BCUT2D eigenvalue weighted by atomic mass is 9.94. The zero-order valence-electron chi connectivity index (χ0n) is 13.6. The van der Waals surface area contributed by atoms with Crippen LogP contribution in [0, 0.1) is 19.8 Å². The third kappa shape index (κ3) is 4.85. The summed E-state index contributed by atoms with van der Waals surface area (Å²) in [7, 11) is 1.94. The molecule has 1 aliphatic rings. The van der Waals surface area contributed by atoms with Crippen LogP contribution in [0.1, 0.15) is 36.0 Å². The fourth-order valence-corrected chi connectivity index (χ4v) is 2.96. The Morgan fingerprint density at radius 3 is 2.71 bits per heavy atom. The van der Waals surface area contributed by atoms with E-state index in [0.29, 0.717) is 6.42 Å². The first-order chi connectivity index (χ1) is 10.1. The van der Waals surface area contributed by atoms with Crippen molar-refractivity contribution in [2.75, 3.05) is 26.7 Å². The van der Waals surface area contributed by atoms with Crippen LogP contribution in [0.5, 0.6) is 0 Å². The summed E-state index contributed by atoms with van der Waals surface area (Å²) in [5.41, 5.74) is 3.59. The molecule has 0 saturated carbocycles. The van der Waals surface area contributed by atoms with Crippen LogP contribution in [0.4, 0.5) is 0 Å². The fraction of sp³-hybridized carbons (Fsp3) is 0.611. The molecule has 1 fully saturated rings. The summed E-state index contributed by atoms with van der Waals surface area (Å²) in [4.78, 5) is 14.3. The van der Waals surface area contributed by atoms with Gasteiger partial charge in [-0.3, -0.25) is 4.79 Å². The number of benzene rings is 1. The van der Waals surface area contributed by atoms with E-state index in [2.05, 4.69) is 37.4 Å². The average Bonchev–Trinajstić information content (AvgIpc) is 2.49. The summed E-state index contributed by atoms with van der Waals surface area (Å²) < 4.78 is 0. The molecule has 2 rings (SSSR count). The second-order valence-corrected chi connectivity index (χ2v) is 6.40. The minimum absolute atomic E-state index is 0.234. The number of hydrogen-bond donors (Lipinski definition) is 1. The number of likely N-dealkylation sites (N-methyl/N-ethyl adjacent to an activating group) is 1. The van der Waals surface area contributed by atoms with Crippen LogP contribution in [0.15, 0.2) is 18.2 Å². The monoisotopic (exact) mass is 288 g/mol. The molecule has 0 aliphatic carbocycles. The van der Waals surface area contributed by atoms with Gasteiger partial charge in [-0.25, -0.2) is 0 Å². The number of aryl methyl sites for hydroxylation is 2. The Morgan fingerprint density at radius 1 is 1.29 bits per heavy atom. The molecule has 1 amide bonds. The molecule has 0 bridgehead atoms. The van der Waals surface area contributed by atoms with E-state index in [1.807, 2.05) is 11.9 Å². The van der Waals surface area contributed by atoms with Crippen molar-refractivity contribution in [2.45, 2.75) is 39.5 Å². The van der Waals surface area contributed by atoms with Gasteiger partial charge in [0.05, 0.1) is 6.42 Å². The number of amides is 1. The van der Waals surface area contributed by atoms with Crippen molar-refractivity contribution in [3.63, 3.8) is 0 Å². The zero-order chi connectivity index (χ0) is 15.2. The normalized spacial score (nSPS) is 16.0. The molecule has 1 N–H and O–H groups in total. The predicted molar refractivity (Wildman–Crippen MR) is 87.5 cm³/mol. The average molecular weight is 288 g/mol. The summed E-state index contributed by atoms with van der Waals surface area (Å²) >= 11 is 0. The molecule has 116 valence electrons. The standard InChI is InChI=1S/C18H28N2O/c1-14-4-5-15(2)17(12-14)13-18(21)20(3)11-8-16-6-9-19-10-7-16/h4-5,12,16,19H,6-11,13H2,1-3H3. The maximum atomic E-state index is 12.4. The van der Waals surface area contributed by atoms with Crippen molar-refractivity contribution in [3.05, 3.63) is 34.9 Å². The highest BCUT2D eigenvalue weighted by Gasteiger charge is 2.16. The Labute approximate surface area is 128 Å². The zero-order valence-corrected chi connectivity index (χ0v) is 13.6. The molecule has 3 nitrogen and oxygen atoms in total. The van der Waals surface area contributed by atoms with Gasteiger partial charge in [0.2, 0.25) is 5.91 Å². The van der Waals surface area contributed by atoms with E-state index in [0.717, 1.165) is 37.5 Å². The smallest absolute Gasteiger partial charge is 0.226 e. The van der Waals surface area contributed by atoms with Gasteiger partial charge in [-0.1, -0.05) is 23.8 Å².